The van der Waals surface area contributed by atoms with E-state index in [4.69, 9.17) is 5.73 Å². The Morgan fingerprint density at radius 2 is 2.08 bits per heavy atom. The highest BCUT2D eigenvalue weighted by Gasteiger charge is 2.40. The Balaban J connectivity index is 1.67. The second-order valence-corrected chi connectivity index (χ2v) is 4.70. The maximum Gasteiger partial charge on any atom is 0.191 e. The van der Waals surface area contributed by atoms with Crippen LogP contribution in [0.3, 0.4) is 0 Å². The van der Waals surface area contributed by atoms with Crippen LogP contribution < -0.4 is 5.73 Å². The molecule has 1 unspecified atom stereocenters. The Labute approximate surface area is 79.0 Å². The minimum Gasteiger partial charge on any atom is -0.370 e. The molecule has 2 N–H and O–H groups in total. The van der Waals surface area contributed by atoms with Gasteiger partial charge in [0.05, 0.1) is 12.6 Å². The predicted octanol–water partition coefficient (Wildman–Crippen LogP) is 0.805. The maximum atomic E-state index is 5.89. The molecular formula is C10H17N3. The molecule has 3 nitrogen and oxygen atoms in total. The first kappa shape index (κ1) is 7.65. The average Bonchev–Trinajstić information content (AvgIpc) is 2.97. The third-order valence-corrected chi connectivity index (χ3v) is 3.45. The molecule has 0 radical (unpaired) electrons. The highest BCUT2D eigenvalue weighted by Crippen LogP contribution is 2.39. The summed E-state index contributed by atoms with van der Waals surface area (Å²) in [6.07, 6.45) is 5.60. The van der Waals surface area contributed by atoms with Gasteiger partial charge in [0.1, 0.15) is 0 Å². The van der Waals surface area contributed by atoms with E-state index < -0.39 is 0 Å². The molecule has 3 heteroatoms. The number of hydrogen-bond donors (Lipinski definition) is 1. The summed E-state index contributed by atoms with van der Waals surface area (Å²) >= 11 is 0. The Morgan fingerprint density at radius 3 is 2.69 bits per heavy atom. The molecule has 0 aromatic rings. The van der Waals surface area contributed by atoms with Crippen LogP contribution in [0.15, 0.2) is 4.99 Å². The summed E-state index contributed by atoms with van der Waals surface area (Å²) in [4.78, 5) is 6.73. The van der Waals surface area contributed by atoms with Gasteiger partial charge in [0.25, 0.3) is 0 Å². The van der Waals surface area contributed by atoms with Crippen LogP contribution in [0, 0.1) is 11.8 Å². The Bertz CT molecular complexity index is 241. The van der Waals surface area contributed by atoms with Crippen molar-refractivity contribution in [2.45, 2.75) is 31.7 Å². The van der Waals surface area contributed by atoms with Gasteiger partial charge in [-0.05, 0) is 37.5 Å². The van der Waals surface area contributed by atoms with Gasteiger partial charge in [0.15, 0.2) is 5.96 Å². The van der Waals surface area contributed by atoms with Crippen molar-refractivity contribution in [1.29, 1.82) is 0 Å². The van der Waals surface area contributed by atoms with Crippen LogP contribution in [0.1, 0.15) is 25.7 Å². The van der Waals surface area contributed by atoms with Gasteiger partial charge in [-0.2, -0.15) is 0 Å². The minimum absolute atomic E-state index is 0.667. The van der Waals surface area contributed by atoms with Crippen LogP contribution >= 0.6 is 0 Å². The van der Waals surface area contributed by atoms with Gasteiger partial charge in [0.2, 0.25) is 0 Å². The van der Waals surface area contributed by atoms with Gasteiger partial charge in [-0.1, -0.05) is 0 Å². The van der Waals surface area contributed by atoms with Crippen molar-refractivity contribution in [3.8, 4) is 0 Å². The summed E-state index contributed by atoms with van der Waals surface area (Å²) < 4.78 is 0. The normalized spacial score (nSPS) is 33.7. The molecule has 72 valence electrons. The lowest BCUT2D eigenvalue weighted by Crippen LogP contribution is -2.43. The van der Waals surface area contributed by atoms with Crippen LogP contribution in [0.2, 0.25) is 0 Å². The first-order valence-corrected chi connectivity index (χ1v) is 5.41. The van der Waals surface area contributed by atoms with Crippen molar-refractivity contribution in [2.75, 3.05) is 13.1 Å². The van der Waals surface area contributed by atoms with Crippen molar-refractivity contribution in [1.82, 2.24) is 4.90 Å². The Kier molecular flexibility index (Phi) is 1.55. The van der Waals surface area contributed by atoms with Crippen molar-refractivity contribution in [3.05, 3.63) is 0 Å². The fraction of sp³-hybridized carbons (Fsp3) is 0.900. The summed E-state index contributed by atoms with van der Waals surface area (Å²) in [5.41, 5.74) is 5.89. The van der Waals surface area contributed by atoms with Gasteiger partial charge < -0.3 is 10.6 Å². The molecule has 1 aliphatic heterocycles. The maximum absolute atomic E-state index is 5.89. The number of nitrogens with two attached hydrogens (primary N) is 1. The quantitative estimate of drug-likeness (QED) is 0.696. The highest BCUT2D eigenvalue weighted by atomic mass is 15.3. The lowest BCUT2D eigenvalue weighted by molar-refractivity contribution is 0.299. The van der Waals surface area contributed by atoms with Crippen LogP contribution in [0.4, 0.5) is 0 Å². The van der Waals surface area contributed by atoms with Crippen molar-refractivity contribution < 1.29 is 0 Å². The smallest absolute Gasteiger partial charge is 0.191 e. The molecule has 2 fully saturated rings. The molecule has 0 aromatic carbocycles. The number of guanidine groups is 1. The molecule has 0 bridgehead atoms. The summed E-state index contributed by atoms with van der Waals surface area (Å²) in [6, 6.07) is 0.667. The largest absolute Gasteiger partial charge is 0.370 e. The van der Waals surface area contributed by atoms with Crippen molar-refractivity contribution in [2.24, 2.45) is 22.6 Å². The van der Waals surface area contributed by atoms with Crippen molar-refractivity contribution >= 4 is 5.96 Å². The van der Waals surface area contributed by atoms with E-state index in [-0.39, 0.29) is 0 Å². The van der Waals surface area contributed by atoms with Crippen LogP contribution in [-0.2, 0) is 0 Å². The van der Waals surface area contributed by atoms with Crippen LogP contribution in [0.25, 0.3) is 0 Å². The van der Waals surface area contributed by atoms with Gasteiger partial charge in [-0.25, -0.2) is 0 Å². The molecule has 0 aromatic heterocycles. The molecule has 3 rings (SSSR count). The second kappa shape index (κ2) is 2.63. The highest BCUT2D eigenvalue weighted by molar-refractivity contribution is 5.80. The third-order valence-electron chi connectivity index (χ3n) is 3.45. The topological polar surface area (TPSA) is 41.6 Å². The summed E-state index contributed by atoms with van der Waals surface area (Å²) in [5.74, 6) is 2.64. The van der Waals surface area contributed by atoms with Crippen molar-refractivity contribution in [3.63, 3.8) is 0 Å². The minimum atomic E-state index is 0.667. The number of aliphatic imine (C=N–C) groups is 1. The van der Waals surface area contributed by atoms with E-state index in [1.54, 1.807) is 0 Å². The lowest BCUT2D eigenvalue weighted by atomic mass is 10.1. The molecule has 2 aliphatic carbocycles. The van der Waals surface area contributed by atoms with Gasteiger partial charge >= 0.3 is 0 Å². The summed E-state index contributed by atoms with van der Waals surface area (Å²) in [6.45, 7) is 2.14. The third kappa shape index (κ3) is 1.40. The molecular weight excluding hydrogens is 162 g/mol. The van der Waals surface area contributed by atoms with E-state index in [1.807, 2.05) is 0 Å². The SMILES string of the molecule is NC1=NCC(C2CC2)N1CC1CC1. The first-order valence-electron chi connectivity index (χ1n) is 5.41. The summed E-state index contributed by atoms with van der Waals surface area (Å²) in [7, 11) is 0. The molecule has 3 aliphatic rings. The molecule has 2 saturated carbocycles. The zero-order valence-corrected chi connectivity index (χ0v) is 7.95. The van der Waals surface area contributed by atoms with E-state index in [9.17, 15) is 0 Å². The average molecular weight is 179 g/mol. The first-order chi connectivity index (χ1) is 6.34. The van der Waals surface area contributed by atoms with Crippen LogP contribution in [0.5, 0.6) is 0 Å². The fourth-order valence-corrected chi connectivity index (χ4v) is 2.24. The zero-order valence-electron chi connectivity index (χ0n) is 7.95. The zero-order chi connectivity index (χ0) is 8.84. The lowest BCUT2D eigenvalue weighted by Gasteiger charge is -2.26. The number of rotatable bonds is 3. The monoisotopic (exact) mass is 179 g/mol. The van der Waals surface area contributed by atoms with Gasteiger partial charge in [0, 0.05) is 6.54 Å². The van der Waals surface area contributed by atoms with E-state index in [0.29, 0.717) is 6.04 Å². The Hall–Kier alpha value is -0.730. The number of hydrogen-bond acceptors (Lipinski definition) is 3. The van der Waals surface area contributed by atoms with Gasteiger partial charge in [-0.3, -0.25) is 4.99 Å². The molecule has 1 heterocycles. The van der Waals surface area contributed by atoms with E-state index in [0.717, 1.165) is 24.3 Å². The molecule has 0 amide bonds. The molecule has 13 heavy (non-hydrogen) atoms. The summed E-state index contributed by atoms with van der Waals surface area (Å²) in [5, 5.41) is 0. The molecule has 1 atom stereocenters. The van der Waals surface area contributed by atoms with Crippen LogP contribution in [-0.4, -0.2) is 30.0 Å². The predicted molar refractivity (Wildman–Crippen MR) is 52.4 cm³/mol. The second-order valence-electron chi connectivity index (χ2n) is 4.70. The van der Waals surface area contributed by atoms with E-state index in [1.165, 1.54) is 32.2 Å². The van der Waals surface area contributed by atoms with Gasteiger partial charge in [-0.15, -0.1) is 0 Å². The van der Waals surface area contributed by atoms with E-state index in [2.05, 4.69) is 9.89 Å². The Morgan fingerprint density at radius 1 is 1.31 bits per heavy atom. The number of nitrogens with zero attached hydrogens (tertiary/aromatic N) is 2. The standard InChI is InChI=1S/C10H17N3/c11-10-12-5-9(8-3-4-8)13(10)6-7-1-2-7/h7-9H,1-6H2,(H2,11,12). The fourth-order valence-electron chi connectivity index (χ4n) is 2.24. The molecule has 0 saturated heterocycles. The molecule has 0 spiro atoms. The van der Waals surface area contributed by atoms with E-state index >= 15 is 0 Å².